The van der Waals surface area contributed by atoms with E-state index in [1.54, 1.807) is 16.7 Å². The molecule has 0 aliphatic heterocycles. The molecule has 0 N–H and O–H groups in total. The van der Waals surface area contributed by atoms with Crippen LogP contribution >= 0.6 is 0 Å². The molecule has 0 saturated heterocycles. The fourth-order valence-corrected chi connectivity index (χ4v) is 22.6. The fraction of sp³-hybridized carbons (Fsp3) is 0.400. The number of fused-ring (bicyclic) bond motifs is 4. The van der Waals surface area contributed by atoms with Crippen LogP contribution in [0.1, 0.15) is 296 Å². The zero-order chi connectivity index (χ0) is 87.4. The first-order chi connectivity index (χ1) is 59.5. The van der Waals surface area contributed by atoms with Crippen LogP contribution in [0.25, 0.3) is 110 Å². The highest BCUT2D eigenvalue weighted by Crippen LogP contribution is 2.47. The summed E-state index contributed by atoms with van der Waals surface area (Å²) in [7, 11) is 8.95. The zero-order valence-corrected chi connectivity index (χ0v) is 79.7. The van der Waals surface area contributed by atoms with Crippen molar-refractivity contribution >= 4 is 43.1 Å². The average molecular weight is 1640 g/mol. The third kappa shape index (κ3) is 17.1. The first-order valence-electron chi connectivity index (χ1n) is 47.8. The van der Waals surface area contributed by atoms with Crippen LogP contribution in [0.2, 0.25) is 0 Å². The molecule has 4 nitrogen and oxygen atoms in total. The lowest BCUT2D eigenvalue weighted by molar-refractivity contribution is -0.666. The normalized spacial score (nSPS) is 15.5. The summed E-state index contributed by atoms with van der Waals surface area (Å²) >= 11 is 0. The molecule has 14 aromatic rings. The summed E-state index contributed by atoms with van der Waals surface area (Å²) in [5, 5.41) is 11.3. The molecule has 0 bridgehead atoms. The van der Waals surface area contributed by atoms with E-state index in [1.807, 2.05) is 0 Å². The van der Waals surface area contributed by atoms with Gasteiger partial charge in [0.1, 0.15) is 28.2 Å². The molecule has 0 amide bonds. The maximum Gasteiger partial charge on any atom is 0.220 e. The van der Waals surface area contributed by atoms with Gasteiger partial charge in [-0.3, -0.25) is 0 Å². The van der Waals surface area contributed by atoms with E-state index in [0.717, 1.165) is 29.6 Å². The Hall–Kier alpha value is -10.2. The number of pyridine rings is 4. The van der Waals surface area contributed by atoms with Crippen LogP contribution < -0.4 is 18.3 Å². The van der Waals surface area contributed by atoms with Gasteiger partial charge in [-0.2, -0.15) is 18.3 Å². The second kappa shape index (κ2) is 36.4. The van der Waals surface area contributed by atoms with Crippen molar-refractivity contribution in [2.24, 2.45) is 28.2 Å². The Labute approximate surface area is 745 Å². The van der Waals surface area contributed by atoms with Crippen molar-refractivity contribution < 1.29 is 18.3 Å². The Balaban J connectivity index is 0.000000122. The lowest BCUT2D eigenvalue weighted by Gasteiger charge is -2.23. The minimum atomic E-state index is 0.136. The van der Waals surface area contributed by atoms with E-state index in [-0.39, 0.29) is 5.41 Å². The summed E-state index contributed by atoms with van der Waals surface area (Å²) in [4.78, 5) is 0. The van der Waals surface area contributed by atoms with Gasteiger partial charge in [-0.25, -0.2) is 0 Å². The maximum atomic E-state index is 2.53. The highest BCUT2D eigenvalue weighted by Gasteiger charge is 2.33. The lowest BCUT2D eigenvalue weighted by Crippen LogP contribution is -2.36. The second-order valence-corrected chi connectivity index (χ2v) is 40.1. The first-order valence-corrected chi connectivity index (χ1v) is 47.8. The number of hydrogen-bond acceptors (Lipinski definition) is 0. The van der Waals surface area contributed by atoms with E-state index in [1.165, 1.54) is 339 Å². The lowest BCUT2D eigenvalue weighted by atomic mass is 9.82. The minimum absolute atomic E-state index is 0.136. The van der Waals surface area contributed by atoms with Crippen LogP contribution in [0, 0.1) is 104 Å². The molecule has 4 heterocycles. The maximum absolute atomic E-state index is 2.53. The van der Waals surface area contributed by atoms with Crippen LogP contribution in [0.4, 0.5) is 0 Å². The molecular weight excluding hydrogens is 1500 g/mol. The smallest absolute Gasteiger partial charge is 0.198 e. The van der Waals surface area contributed by atoms with Gasteiger partial charge in [0.25, 0.3) is 0 Å². The molecule has 0 unspecified atom stereocenters. The molecule has 0 spiro atoms. The van der Waals surface area contributed by atoms with Gasteiger partial charge in [0, 0.05) is 49.9 Å². The van der Waals surface area contributed by atoms with Gasteiger partial charge in [-0.15, -0.1) is 0 Å². The molecule has 10 aromatic carbocycles. The van der Waals surface area contributed by atoms with Gasteiger partial charge in [-0.05, 0) is 340 Å². The van der Waals surface area contributed by atoms with Crippen LogP contribution in [-0.2, 0) is 33.6 Å². The summed E-state index contributed by atoms with van der Waals surface area (Å²) in [6, 6.07) is 72.2. The van der Waals surface area contributed by atoms with Crippen LogP contribution in [0.5, 0.6) is 0 Å². The van der Waals surface area contributed by atoms with E-state index in [2.05, 4.69) is 359 Å². The predicted molar refractivity (Wildman–Crippen MR) is 529 cm³/mol. The molecule has 5 fully saturated rings. The third-order valence-corrected chi connectivity index (χ3v) is 31.8. The molecular formula is C120H142N4+4. The van der Waals surface area contributed by atoms with E-state index >= 15 is 0 Å². The van der Waals surface area contributed by atoms with Crippen molar-refractivity contribution in [1.29, 1.82) is 0 Å². The Morgan fingerprint density at radius 2 is 0.500 bits per heavy atom. The summed E-state index contributed by atoms with van der Waals surface area (Å²) in [6.45, 7) is 41.1. The molecule has 0 radical (unpaired) electrons. The summed E-state index contributed by atoms with van der Waals surface area (Å²) in [6.07, 6.45) is 27.3. The van der Waals surface area contributed by atoms with E-state index in [9.17, 15) is 0 Å². The molecule has 4 aromatic heterocycles. The van der Waals surface area contributed by atoms with Crippen LogP contribution in [-0.4, -0.2) is 0 Å². The summed E-state index contributed by atoms with van der Waals surface area (Å²) in [5.41, 5.74) is 46.0. The van der Waals surface area contributed by atoms with Crippen LogP contribution in [0.3, 0.4) is 0 Å². The zero-order valence-electron chi connectivity index (χ0n) is 79.7. The van der Waals surface area contributed by atoms with Crippen molar-refractivity contribution in [2.75, 3.05) is 0 Å². The van der Waals surface area contributed by atoms with Gasteiger partial charge in [0.15, 0.2) is 22.8 Å². The Kier molecular flexibility index (Phi) is 25.7. The number of nitrogens with zero attached hydrogens (tertiary/aromatic N) is 4. The van der Waals surface area contributed by atoms with Gasteiger partial charge in [-0.1, -0.05) is 225 Å². The van der Waals surface area contributed by atoms with Crippen molar-refractivity contribution in [2.45, 2.75) is 288 Å². The molecule has 5 aliphatic rings. The van der Waals surface area contributed by atoms with E-state index in [4.69, 9.17) is 0 Å². The number of aryl methyl sites for hydroxylation is 8. The summed E-state index contributed by atoms with van der Waals surface area (Å²) in [5.74, 6) is 3.73. The van der Waals surface area contributed by atoms with E-state index in [0.29, 0.717) is 0 Å². The van der Waals surface area contributed by atoms with E-state index < -0.39 is 0 Å². The predicted octanol–water partition coefficient (Wildman–Crippen LogP) is 30.9. The second-order valence-electron chi connectivity index (χ2n) is 40.1. The SMILES string of the molecule is Cc1cc(-c2ccccc2)cc(-c2c3ccc(C4CCCC4)cc3c(C)c(C)[n+]2C)c1C.Cc1cc(C(C)(C)C)cc(-c2c3ccc(C4CCCC4)cc3c(C)c(C)[n+]2C)c1C.Cc1cc(C2CCCC2)cc(-c2c3ccc(C4CCCC4)cc3c(C)c(C)[n+]2C)c1C.Cc1ccc(-c2ccccc2)cc1-c1c2ccc(C3CCCC3)cc2c(C)c(C)[n+]1C. The quantitative estimate of drug-likeness (QED) is 0.115. The molecule has 4 heteroatoms. The van der Waals surface area contributed by atoms with Gasteiger partial charge >= 0.3 is 0 Å². The van der Waals surface area contributed by atoms with Crippen molar-refractivity contribution in [3.05, 3.63) is 305 Å². The minimum Gasteiger partial charge on any atom is -0.198 e. The number of aromatic nitrogens is 4. The van der Waals surface area contributed by atoms with Crippen molar-refractivity contribution in [3.8, 4) is 67.3 Å². The Morgan fingerprint density at radius 1 is 0.218 bits per heavy atom. The average Bonchev–Trinajstić information content (AvgIpc) is 0.775. The topological polar surface area (TPSA) is 15.5 Å². The molecule has 124 heavy (non-hydrogen) atoms. The Bertz CT molecular complexity index is 6390. The number of benzene rings is 10. The van der Waals surface area contributed by atoms with Gasteiger partial charge in [0.05, 0.1) is 43.8 Å². The van der Waals surface area contributed by atoms with Crippen molar-refractivity contribution in [1.82, 2.24) is 0 Å². The summed E-state index contributed by atoms with van der Waals surface area (Å²) < 4.78 is 9.67. The molecule has 638 valence electrons. The highest BCUT2D eigenvalue weighted by molar-refractivity contribution is 6.01. The van der Waals surface area contributed by atoms with Crippen LogP contribution in [0.15, 0.2) is 188 Å². The highest BCUT2D eigenvalue weighted by atomic mass is 15.0. The molecule has 5 saturated carbocycles. The Morgan fingerprint density at radius 3 is 0.839 bits per heavy atom. The van der Waals surface area contributed by atoms with Gasteiger partial charge in [0.2, 0.25) is 22.8 Å². The van der Waals surface area contributed by atoms with Crippen molar-refractivity contribution in [3.63, 3.8) is 0 Å². The monoisotopic (exact) mass is 1640 g/mol. The largest absolute Gasteiger partial charge is 0.220 e. The molecule has 5 aliphatic carbocycles. The molecule has 19 rings (SSSR count). The standard InChI is InChI=1S/C31H34N.C30H38N.C30H32N.C29H38N/c1-20-17-27(25-11-7-6-8-12-25)19-30(21(20)2)31-28-16-15-26(24-13-9-10-14-24)18-29(28)22(3)23(4)32(31)5;1-19-16-26(24-12-8-9-13-24)18-29(20(19)2)30-27-15-14-25(23-10-6-7-11-23)17-28(27)21(3)22(4)31(30)5;1-20-14-15-25(23-10-6-5-7-11-23)18-28(20)30-27-17-16-26(24-12-8-9-13-24)19-29(27)21(2)22(3)31(30)4;1-18-15-24(29(5,6)7)17-27(19(18)2)28-25-14-13-23(22-11-9-10-12-22)16-26(25)20(3)21(4)30(28)8/h6-8,11-12,15-19,24H,9-10,13-14H2,1-5H3;14-18,23-24H,6-13H2,1-5H3;5-7,10-11,14-19,24H,8-9,12-13H2,1-4H3;13-17,22H,9-12H2,1-8H3/q4*+1. The number of hydrogen-bond donors (Lipinski definition) is 0. The number of rotatable bonds is 11. The third-order valence-electron chi connectivity index (χ3n) is 31.8. The molecule has 0 atom stereocenters. The fourth-order valence-electron chi connectivity index (χ4n) is 22.6. The first kappa shape index (κ1) is 87.3. The van der Waals surface area contributed by atoms with Gasteiger partial charge < -0.3 is 0 Å².